The third kappa shape index (κ3) is 5.57. The van der Waals surface area contributed by atoms with Gasteiger partial charge in [-0.15, -0.1) is 11.8 Å². The molecule has 0 saturated carbocycles. The van der Waals surface area contributed by atoms with Crippen LogP contribution in [0.4, 0.5) is 0 Å². The number of rotatable bonds is 7. The SMILES string of the molecule is CCC(NC(=O)CCSc1ccc(Cl)cc1)c1ccc(C)c(C)c1. The average molecular weight is 362 g/mol. The van der Waals surface area contributed by atoms with E-state index in [1.165, 1.54) is 16.7 Å². The molecular weight excluding hydrogens is 338 g/mol. The summed E-state index contributed by atoms with van der Waals surface area (Å²) in [6, 6.07) is 14.2. The molecule has 2 nitrogen and oxygen atoms in total. The van der Waals surface area contributed by atoms with Crippen LogP contribution in [0.2, 0.25) is 5.02 Å². The minimum Gasteiger partial charge on any atom is -0.349 e. The Labute approximate surface area is 154 Å². The van der Waals surface area contributed by atoms with Crippen molar-refractivity contribution in [3.63, 3.8) is 0 Å². The Morgan fingerprint density at radius 3 is 2.46 bits per heavy atom. The summed E-state index contributed by atoms with van der Waals surface area (Å²) in [6.45, 7) is 6.31. The molecule has 1 N–H and O–H groups in total. The zero-order valence-corrected chi connectivity index (χ0v) is 16.0. The highest BCUT2D eigenvalue weighted by molar-refractivity contribution is 7.99. The Morgan fingerprint density at radius 1 is 1.12 bits per heavy atom. The van der Waals surface area contributed by atoms with Crippen LogP contribution in [0.3, 0.4) is 0 Å². The normalized spacial score (nSPS) is 12.0. The van der Waals surface area contributed by atoms with Gasteiger partial charge in [0.2, 0.25) is 5.91 Å². The number of hydrogen-bond acceptors (Lipinski definition) is 2. The molecule has 2 aromatic carbocycles. The maximum Gasteiger partial charge on any atom is 0.221 e. The third-order valence-electron chi connectivity index (χ3n) is 4.09. The van der Waals surface area contributed by atoms with Crippen molar-refractivity contribution in [3.8, 4) is 0 Å². The monoisotopic (exact) mass is 361 g/mol. The molecule has 0 bridgehead atoms. The van der Waals surface area contributed by atoms with Gasteiger partial charge >= 0.3 is 0 Å². The molecular formula is C20H24ClNOS. The van der Waals surface area contributed by atoms with Crippen molar-refractivity contribution in [2.24, 2.45) is 0 Å². The largest absolute Gasteiger partial charge is 0.349 e. The summed E-state index contributed by atoms with van der Waals surface area (Å²) in [7, 11) is 0. The molecule has 1 unspecified atom stereocenters. The van der Waals surface area contributed by atoms with Gasteiger partial charge in [0, 0.05) is 22.1 Å². The molecule has 2 rings (SSSR count). The van der Waals surface area contributed by atoms with Gasteiger partial charge in [-0.05, 0) is 61.2 Å². The number of nitrogens with one attached hydrogen (secondary N) is 1. The first-order valence-corrected chi connectivity index (χ1v) is 9.61. The summed E-state index contributed by atoms with van der Waals surface area (Å²) >= 11 is 7.55. The van der Waals surface area contributed by atoms with E-state index >= 15 is 0 Å². The molecule has 0 aliphatic carbocycles. The van der Waals surface area contributed by atoms with Crippen molar-refractivity contribution in [1.29, 1.82) is 0 Å². The molecule has 4 heteroatoms. The van der Waals surface area contributed by atoms with Gasteiger partial charge < -0.3 is 5.32 Å². The summed E-state index contributed by atoms with van der Waals surface area (Å²) < 4.78 is 0. The number of benzene rings is 2. The predicted octanol–water partition coefficient (Wildman–Crippen LogP) is 5.71. The van der Waals surface area contributed by atoms with Crippen LogP contribution in [0.1, 0.15) is 42.5 Å². The van der Waals surface area contributed by atoms with E-state index in [2.05, 4.69) is 44.3 Å². The second kappa shape index (κ2) is 9.14. The van der Waals surface area contributed by atoms with Crippen LogP contribution >= 0.6 is 23.4 Å². The number of carbonyl (C=O) groups is 1. The molecule has 0 spiro atoms. The molecule has 1 atom stereocenters. The van der Waals surface area contributed by atoms with Crippen LogP contribution in [0, 0.1) is 13.8 Å². The topological polar surface area (TPSA) is 29.1 Å². The van der Waals surface area contributed by atoms with Crippen LogP contribution in [-0.4, -0.2) is 11.7 Å². The van der Waals surface area contributed by atoms with Crippen molar-refractivity contribution in [2.75, 3.05) is 5.75 Å². The molecule has 0 aromatic heterocycles. The fraction of sp³-hybridized carbons (Fsp3) is 0.350. The number of amides is 1. The quantitative estimate of drug-likeness (QED) is 0.640. The van der Waals surface area contributed by atoms with E-state index in [0.717, 1.165) is 22.1 Å². The molecule has 24 heavy (non-hydrogen) atoms. The fourth-order valence-corrected chi connectivity index (χ4v) is 3.44. The number of hydrogen-bond donors (Lipinski definition) is 1. The molecule has 0 heterocycles. The smallest absolute Gasteiger partial charge is 0.221 e. The Bertz CT molecular complexity index is 685. The second-order valence-corrected chi connectivity index (χ2v) is 7.53. The first-order chi connectivity index (χ1) is 11.5. The summed E-state index contributed by atoms with van der Waals surface area (Å²) in [6.07, 6.45) is 1.40. The van der Waals surface area contributed by atoms with Crippen LogP contribution in [0.5, 0.6) is 0 Å². The molecule has 0 radical (unpaired) electrons. The number of aryl methyl sites for hydroxylation is 2. The van der Waals surface area contributed by atoms with Crippen molar-refractivity contribution in [2.45, 2.75) is 44.6 Å². The van der Waals surface area contributed by atoms with Gasteiger partial charge in [-0.2, -0.15) is 0 Å². The minimum atomic E-state index is 0.0809. The maximum atomic E-state index is 12.2. The summed E-state index contributed by atoms with van der Waals surface area (Å²) in [5, 5.41) is 3.88. The molecule has 2 aromatic rings. The standard InChI is InChI=1S/C20H24ClNOS/c1-4-19(16-6-5-14(2)15(3)13-16)22-20(23)11-12-24-18-9-7-17(21)8-10-18/h5-10,13,19H,4,11-12H2,1-3H3,(H,22,23). The molecule has 0 saturated heterocycles. The summed E-state index contributed by atoms with van der Waals surface area (Å²) in [5.41, 5.74) is 3.72. The van der Waals surface area contributed by atoms with E-state index in [-0.39, 0.29) is 11.9 Å². The third-order valence-corrected chi connectivity index (χ3v) is 5.35. The first-order valence-electron chi connectivity index (χ1n) is 8.24. The van der Waals surface area contributed by atoms with Crippen molar-refractivity contribution < 1.29 is 4.79 Å². The molecule has 128 valence electrons. The number of halogens is 1. The Kier molecular flexibility index (Phi) is 7.19. The van der Waals surface area contributed by atoms with Crippen LogP contribution < -0.4 is 5.32 Å². The second-order valence-electron chi connectivity index (χ2n) is 5.92. The van der Waals surface area contributed by atoms with Gasteiger partial charge in [-0.3, -0.25) is 4.79 Å². The van der Waals surface area contributed by atoms with E-state index in [1.807, 2.05) is 24.3 Å². The van der Waals surface area contributed by atoms with Crippen molar-refractivity contribution in [3.05, 3.63) is 64.2 Å². The van der Waals surface area contributed by atoms with E-state index < -0.39 is 0 Å². The lowest BCUT2D eigenvalue weighted by Gasteiger charge is -2.18. The predicted molar refractivity (Wildman–Crippen MR) is 104 cm³/mol. The van der Waals surface area contributed by atoms with Crippen LogP contribution in [0.25, 0.3) is 0 Å². The molecule has 0 aliphatic heterocycles. The van der Waals surface area contributed by atoms with Gasteiger partial charge in [0.15, 0.2) is 0 Å². The summed E-state index contributed by atoms with van der Waals surface area (Å²) in [5.74, 6) is 0.859. The average Bonchev–Trinajstić information content (AvgIpc) is 2.57. The first kappa shape index (κ1) is 18.9. The van der Waals surface area contributed by atoms with Gasteiger partial charge in [0.25, 0.3) is 0 Å². The lowest BCUT2D eigenvalue weighted by molar-refractivity contribution is -0.121. The Balaban J connectivity index is 1.85. The zero-order valence-electron chi connectivity index (χ0n) is 14.4. The highest BCUT2D eigenvalue weighted by atomic mass is 35.5. The van der Waals surface area contributed by atoms with E-state index in [4.69, 9.17) is 11.6 Å². The van der Waals surface area contributed by atoms with E-state index in [9.17, 15) is 4.79 Å². The van der Waals surface area contributed by atoms with Crippen molar-refractivity contribution >= 4 is 29.3 Å². The minimum absolute atomic E-state index is 0.0809. The highest BCUT2D eigenvalue weighted by Crippen LogP contribution is 2.22. The van der Waals surface area contributed by atoms with Crippen LogP contribution in [0.15, 0.2) is 47.4 Å². The lowest BCUT2D eigenvalue weighted by atomic mass is 9.99. The van der Waals surface area contributed by atoms with Gasteiger partial charge in [-0.25, -0.2) is 0 Å². The molecule has 0 aliphatic rings. The van der Waals surface area contributed by atoms with E-state index in [0.29, 0.717) is 6.42 Å². The van der Waals surface area contributed by atoms with Gasteiger partial charge in [-0.1, -0.05) is 36.7 Å². The zero-order chi connectivity index (χ0) is 17.5. The lowest BCUT2D eigenvalue weighted by Crippen LogP contribution is -2.28. The highest BCUT2D eigenvalue weighted by Gasteiger charge is 2.13. The summed E-state index contributed by atoms with van der Waals surface area (Å²) in [4.78, 5) is 13.4. The number of carbonyl (C=O) groups excluding carboxylic acids is 1. The van der Waals surface area contributed by atoms with Gasteiger partial charge in [0.1, 0.15) is 0 Å². The Hall–Kier alpha value is -1.45. The van der Waals surface area contributed by atoms with Gasteiger partial charge in [0.05, 0.1) is 6.04 Å². The maximum absolute atomic E-state index is 12.2. The fourth-order valence-electron chi connectivity index (χ4n) is 2.46. The van der Waals surface area contributed by atoms with Crippen molar-refractivity contribution in [1.82, 2.24) is 5.32 Å². The number of thioether (sulfide) groups is 1. The van der Waals surface area contributed by atoms with Crippen LogP contribution in [-0.2, 0) is 4.79 Å². The molecule has 0 fully saturated rings. The van der Waals surface area contributed by atoms with E-state index in [1.54, 1.807) is 11.8 Å². The Morgan fingerprint density at radius 2 is 1.83 bits per heavy atom. The molecule has 1 amide bonds.